The van der Waals surface area contributed by atoms with Crippen molar-refractivity contribution in [2.24, 2.45) is 0 Å². The van der Waals surface area contributed by atoms with Crippen molar-refractivity contribution in [1.29, 1.82) is 0 Å². The third kappa shape index (κ3) is 4.84. The van der Waals surface area contributed by atoms with Gasteiger partial charge in [-0.2, -0.15) is 0 Å². The molecule has 1 saturated heterocycles. The van der Waals surface area contributed by atoms with Gasteiger partial charge in [0.15, 0.2) is 0 Å². The highest BCUT2D eigenvalue weighted by Gasteiger charge is 2.26. The minimum Gasteiger partial charge on any atom is -0.497 e. The summed E-state index contributed by atoms with van der Waals surface area (Å²) in [5, 5.41) is 0. The maximum atomic E-state index is 12.9. The predicted molar refractivity (Wildman–Crippen MR) is 102 cm³/mol. The number of aryl methyl sites for hydroxylation is 1. The Labute approximate surface area is 160 Å². The van der Waals surface area contributed by atoms with Crippen molar-refractivity contribution in [2.45, 2.75) is 17.9 Å². The van der Waals surface area contributed by atoms with E-state index in [1.54, 1.807) is 44.6 Å². The first-order valence-corrected chi connectivity index (χ1v) is 10.4. The Morgan fingerprint density at radius 3 is 2.70 bits per heavy atom. The summed E-state index contributed by atoms with van der Waals surface area (Å²) in [7, 11) is -2.08. The van der Waals surface area contributed by atoms with E-state index in [2.05, 4.69) is 14.6 Å². The van der Waals surface area contributed by atoms with Crippen LogP contribution in [0, 0.1) is 6.92 Å². The fourth-order valence-corrected chi connectivity index (χ4v) is 4.50. The first-order chi connectivity index (χ1) is 13.0. The Morgan fingerprint density at radius 2 is 2.07 bits per heavy atom. The summed E-state index contributed by atoms with van der Waals surface area (Å²) in [5.74, 6) is 0.632. The Morgan fingerprint density at radius 1 is 1.30 bits per heavy atom. The van der Waals surface area contributed by atoms with E-state index in [1.807, 2.05) is 12.1 Å². The number of hydrogen-bond donors (Lipinski definition) is 1. The number of hydrogen-bond acceptors (Lipinski definition) is 6. The van der Waals surface area contributed by atoms with Crippen LogP contribution in [0.3, 0.4) is 0 Å². The molecule has 1 unspecified atom stereocenters. The number of ether oxygens (including phenoxy) is 2. The highest BCUT2D eigenvalue weighted by Crippen LogP contribution is 2.23. The lowest BCUT2D eigenvalue weighted by molar-refractivity contribution is 0.0171. The zero-order valence-corrected chi connectivity index (χ0v) is 16.4. The molecule has 0 radical (unpaired) electrons. The first kappa shape index (κ1) is 19.8. The minimum absolute atomic E-state index is 0.101. The van der Waals surface area contributed by atoms with Crippen LogP contribution in [-0.4, -0.2) is 58.3 Å². The number of nitrogens with one attached hydrogen (secondary N) is 1. The number of rotatable bonds is 7. The minimum atomic E-state index is -3.64. The summed E-state index contributed by atoms with van der Waals surface area (Å²) >= 11 is 0. The van der Waals surface area contributed by atoms with Crippen LogP contribution in [-0.2, 0) is 14.8 Å². The number of pyridine rings is 1. The van der Waals surface area contributed by atoms with Gasteiger partial charge in [0.2, 0.25) is 10.0 Å². The van der Waals surface area contributed by atoms with Gasteiger partial charge in [-0.15, -0.1) is 0 Å². The Kier molecular flexibility index (Phi) is 6.43. The number of methoxy groups -OCH3 is 1. The second kappa shape index (κ2) is 8.79. The van der Waals surface area contributed by atoms with E-state index in [0.29, 0.717) is 24.5 Å². The fourth-order valence-electron chi connectivity index (χ4n) is 3.24. The van der Waals surface area contributed by atoms with Gasteiger partial charge in [-0.05, 0) is 42.3 Å². The van der Waals surface area contributed by atoms with Crippen molar-refractivity contribution in [3.63, 3.8) is 0 Å². The summed E-state index contributed by atoms with van der Waals surface area (Å²) in [6.07, 6.45) is 3.50. The zero-order chi connectivity index (χ0) is 19.3. The first-order valence-electron chi connectivity index (χ1n) is 8.87. The molecule has 8 heteroatoms. The summed E-state index contributed by atoms with van der Waals surface area (Å²) < 4.78 is 39.1. The topological polar surface area (TPSA) is 80.8 Å². The average Bonchev–Trinajstić information content (AvgIpc) is 2.69. The molecule has 3 rings (SSSR count). The molecule has 1 N–H and O–H groups in total. The number of nitrogens with zero attached hydrogens (tertiary/aromatic N) is 2. The molecular weight excluding hydrogens is 366 g/mol. The third-order valence-corrected chi connectivity index (χ3v) is 6.28. The molecule has 27 heavy (non-hydrogen) atoms. The SMILES string of the molecule is COc1ccc(S(=O)(=O)NCC(c2cccnc2)N2CCOCC2)c(C)c1. The van der Waals surface area contributed by atoms with Gasteiger partial charge in [0, 0.05) is 32.0 Å². The highest BCUT2D eigenvalue weighted by atomic mass is 32.2. The van der Waals surface area contributed by atoms with Gasteiger partial charge in [0.1, 0.15) is 5.75 Å². The zero-order valence-electron chi connectivity index (χ0n) is 15.6. The van der Waals surface area contributed by atoms with Crippen LogP contribution in [0.4, 0.5) is 0 Å². The molecule has 1 atom stereocenters. The number of aromatic nitrogens is 1. The van der Waals surface area contributed by atoms with Crippen LogP contribution in [0.15, 0.2) is 47.6 Å². The lowest BCUT2D eigenvalue weighted by Gasteiger charge is -2.34. The van der Waals surface area contributed by atoms with Crippen molar-refractivity contribution in [2.75, 3.05) is 40.0 Å². The van der Waals surface area contributed by atoms with E-state index in [9.17, 15) is 8.42 Å². The van der Waals surface area contributed by atoms with E-state index in [1.165, 1.54) is 0 Å². The van der Waals surface area contributed by atoms with Crippen molar-refractivity contribution < 1.29 is 17.9 Å². The molecule has 1 aromatic heterocycles. The van der Waals surface area contributed by atoms with Gasteiger partial charge in [0.25, 0.3) is 0 Å². The number of morpholine rings is 1. The Bertz CT molecular complexity index is 853. The van der Waals surface area contributed by atoms with E-state index in [4.69, 9.17) is 9.47 Å². The summed E-state index contributed by atoms with van der Waals surface area (Å²) in [6, 6.07) is 8.68. The van der Waals surface area contributed by atoms with E-state index in [0.717, 1.165) is 18.7 Å². The van der Waals surface area contributed by atoms with E-state index in [-0.39, 0.29) is 17.5 Å². The number of benzene rings is 1. The molecule has 2 aromatic rings. The molecule has 1 aliphatic rings. The molecule has 0 saturated carbocycles. The largest absolute Gasteiger partial charge is 0.497 e. The molecule has 0 aliphatic carbocycles. The Hall–Kier alpha value is -2.00. The molecule has 7 nitrogen and oxygen atoms in total. The van der Waals surface area contributed by atoms with Gasteiger partial charge in [-0.25, -0.2) is 13.1 Å². The van der Waals surface area contributed by atoms with Crippen LogP contribution in [0.25, 0.3) is 0 Å². The van der Waals surface area contributed by atoms with Crippen LogP contribution in [0.1, 0.15) is 17.2 Å². The van der Waals surface area contributed by atoms with Crippen molar-refractivity contribution >= 4 is 10.0 Å². The fraction of sp³-hybridized carbons (Fsp3) is 0.421. The smallest absolute Gasteiger partial charge is 0.240 e. The van der Waals surface area contributed by atoms with Crippen LogP contribution >= 0.6 is 0 Å². The van der Waals surface area contributed by atoms with Crippen molar-refractivity contribution in [1.82, 2.24) is 14.6 Å². The standard InChI is InChI=1S/C19H25N3O4S/c1-15-12-17(25-2)5-6-19(15)27(23,24)21-14-18(16-4-3-7-20-13-16)22-8-10-26-11-9-22/h3-7,12-13,18,21H,8-11,14H2,1-2H3. The molecule has 146 valence electrons. The summed E-state index contributed by atoms with van der Waals surface area (Å²) in [5.41, 5.74) is 1.62. The lowest BCUT2D eigenvalue weighted by Crippen LogP contribution is -2.43. The van der Waals surface area contributed by atoms with Crippen LogP contribution in [0.5, 0.6) is 5.75 Å². The molecule has 1 aliphatic heterocycles. The van der Waals surface area contributed by atoms with Gasteiger partial charge in [-0.3, -0.25) is 9.88 Å². The quantitative estimate of drug-likeness (QED) is 0.775. The van der Waals surface area contributed by atoms with Gasteiger partial charge in [-0.1, -0.05) is 6.07 Å². The molecule has 2 heterocycles. The summed E-state index contributed by atoms with van der Waals surface area (Å²) in [4.78, 5) is 6.67. The van der Waals surface area contributed by atoms with E-state index < -0.39 is 10.0 Å². The van der Waals surface area contributed by atoms with Gasteiger partial charge in [0.05, 0.1) is 31.3 Å². The average molecular weight is 391 g/mol. The molecule has 0 spiro atoms. The van der Waals surface area contributed by atoms with Gasteiger partial charge < -0.3 is 9.47 Å². The van der Waals surface area contributed by atoms with Crippen LogP contribution < -0.4 is 9.46 Å². The molecule has 0 bridgehead atoms. The predicted octanol–water partition coefficient (Wildman–Crippen LogP) is 1.75. The summed E-state index contributed by atoms with van der Waals surface area (Å²) in [6.45, 7) is 4.81. The van der Waals surface area contributed by atoms with Crippen molar-refractivity contribution in [3.05, 3.63) is 53.9 Å². The molecule has 1 fully saturated rings. The lowest BCUT2D eigenvalue weighted by atomic mass is 10.1. The number of sulfonamides is 1. The maximum Gasteiger partial charge on any atom is 0.240 e. The van der Waals surface area contributed by atoms with Gasteiger partial charge >= 0.3 is 0 Å². The monoisotopic (exact) mass is 391 g/mol. The van der Waals surface area contributed by atoms with Crippen molar-refractivity contribution in [3.8, 4) is 5.75 Å². The highest BCUT2D eigenvalue weighted by molar-refractivity contribution is 7.89. The Balaban J connectivity index is 1.80. The van der Waals surface area contributed by atoms with E-state index >= 15 is 0 Å². The molecule has 0 amide bonds. The maximum absolute atomic E-state index is 12.9. The third-order valence-electron chi connectivity index (χ3n) is 4.69. The molecular formula is C19H25N3O4S. The van der Waals surface area contributed by atoms with Crippen LogP contribution in [0.2, 0.25) is 0 Å². The normalized spacial score (nSPS) is 16.8. The second-order valence-corrected chi connectivity index (χ2v) is 8.17. The second-order valence-electron chi connectivity index (χ2n) is 6.43. The molecule has 1 aromatic carbocycles.